The van der Waals surface area contributed by atoms with Gasteiger partial charge in [-0.05, 0) is 52.3 Å². The zero-order valence-electron chi connectivity index (χ0n) is 19.7. The summed E-state index contributed by atoms with van der Waals surface area (Å²) in [7, 11) is 0. The molecule has 1 aliphatic rings. The molecule has 1 aromatic carbocycles. The second kappa shape index (κ2) is 8.68. The first kappa shape index (κ1) is 22.5. The molecule has 1 fully saturated rings. The second-order valence-electron chi connectivity index (χ2n) is 9.84. The zero-order valence-corrected chi connectivity index (χ0v) is 19.7. The summed E-state index contributed by atoms with van der Waals surface area (Å²) < 4.78 is 8.15. The van der Waals surface area contributed by atoms with E-state index < -0.39 is 5.72 Å². The van der Waals surface area contributed by atoms with Crippen LogP contribution in [-0.4, -0.2) is 42.7 Å². The van der Waals surface area contributed by atoms with Gasteiger partial charge in [0.2, 0.25) is 5.88 Å². The number of benzene rings is 1. The number of ether oxygens (including phenoxy) is 1. The van der Waals surface area contributed by atoms with Crippen LogP contribution in [0.3, 0.4) is 0 Å². The third-order valence-corrected chi connectivity index (χ3v) is 6.10. The Hall–Kier alpha value is -2.70. The van der Waals surface area contributed by atoms with Crippen molar-refractivity contribution in [3.63, 3.8) is 0 Å². The van der Waals surface area contributed by atoms with Crippen molar-refractivity contribution in [3.8, 4) is 17.1 Å². The largest absolute Gasteiger partial charge is 0.471 e. The van der Waals surface area contributed by atoms with E-state index in [0.29, 0.717) is 25.3 Å². The molecule has 0 aliphatic carbocycles. The van der Waals surface area contributed by atoms with Crippen LogP contribution in [0, 0.1) is 6.92 Å². The molecule has 0 bridgehead atoms. The fourth-order valence-electron chi connectivity index (χ4n) is 4.64. The average molecular weight is 435 g/mol. The third kappa shape index (κ3) is 4.71. The van der Waals surface area contributed by atoms with E-state index in [0.717, 1.165) is 29.2 Å². The smallest absolute Gasteiger partial charge is 0.237 e. The molecule has 6 heteroatoms. The van der Waals surface area contributed by atoms with Gasteiger partial charge in [-0.15, -0.1) is 0 Å². The SMILES string of the molecule is Cc1ccc(-c2ccccc2)n1C1(O)CCN(Cc2nccnc2OC(C)(C)C)C(C)C1. The van der Waals surface area contributed by atoms with Crippen LogP contribution < -0.4 is 4.74 Å². The van der Waals surface area contributed by atoms with Crippen molar-refractivity contribution in [2.45, 2.75) is 71.4 Å². The highest BCUT2D eigenvalue weighted by atomic mass is 16.5. The highest BCUT2D eigenvalue weighted by molar-refractivity contribution is 5.61. The average Bonchev–Trinajstić information content (AvgIpc) is 3.13. The van der Waals surface area contributed by atoms with E-state index >= 15 is 0 Å². The van der Waals surface area contributed by atoms with Gasteiger partial charge in [-0.1, -0.05) is 30.3 Å². The van der Waals surface area contributed by atoms with Crippen molar-refractivity contribution < 1.29 is 9.84 Å². The van der Waals surface area contributed by atoms with E-state index in [1.165, 1.54) is 0 Å². The number of likely N-dealkylation sites (tertiary alicyclic amines) is 1. The molecule has 2 aromatic heterocycles. The summed E-state index contributed by atoms with van der Waals surface area (Å²) in [6.07, 6.45) is 4.66. The van der Waals surface area contributed by atoms with Crippen molar-refractivity contribution in [2.75, 3.05) is 6.54 Å². The summed E-state index contributed by atoms with van der Waals surface area (Å²) in [5.74, 6) is 0.584. The number of aliphatic hydroxyl groups is 1. The van der Waals surface area contributed by atoms with E-state index in [-0.39, 0.29) is 11.6 Å². The monoisotopic (exact) mass is 434 g/mol. The van der Waals surface area contributed by atoms with Crippen LogP contribution in [0.4, 0.5) is 0 Å². The van der Waals surface area contributed by atoms with Gasteiger partial charge in [0, 0.05) is 50.1 Å². The highest BCUT2D eigenvalue weighted by Gasteiger charge is 2.40. The number of aromatic nitrogens is 3. The van der Waals surface area contributed by atoms with Crippen molar-refractivity contribution in [1.82, 2.24) is 19.4 Å². The molecule has 0 saturated carbocycles. The van der Waals surface area contributed by atoms with Gasteiger partial charge in [-0.3, -0.25) is 9.88 Å². The third-order valence-electron chi connectivity index (χ3n) is 6.10. The van der Waals surface area contributed by atoms with Gasteiger partial charge in [0.25, 0.3) is 0 Å². The lowest BCUT2D eigenvalue weighted by Gasteiger charge is -2.44. The Bertz CT molecular complexity index is 1060. The molecule has 2 atom stereocenters. The second-order valence-corrected chi connectivity index (χ2v) is 9.84. The Morgan fingerprint density at radius 2 is 1.81 bits per heavy atom. The summed E-state index contributed by atoms with van der Waals surface area (Å²) in [4.78, 5) is 11.3. The molecule has 0 radical (unpaired) electrons. The maximum absolute atomic E-state index is 11.8. The van der Waals surface area contributed by atoms with E-state index in [9.17, 15) is 5.11 Å². The molecule has 2 unspecified atom stereocenters. The Labute approximate surface area is 190 Å². The Morgan fingerprint density at radius 3 is 2.50 bits per heavy atom. The van der Waals surface area contributed by atoms with E-state index in [1.807, 2.05) is 39.0 Å². The van der Waals surface area contributed by atoms with E-state index in [2.05, 4.69) is 57.5 Å². The first-order valence-electron chi connectivity index (χ1n) is 11.4. The molecule has 32 heavy (non-hydrogen) atoms. The first-order chi connectivity index (χ1) is 15.2. The predicted octanol–water partition coefficient (Wildman–Crippen LogP) is 4.76. The summed E-state index contributed by atoms with van der Waals surface area (Å²) >= 11 is 0. The fraction of sp³-hybridized carbons (Fsp3) is 0.462. The molecule has 1 saturated heterocycles. The van der Waals surface area contributed by atoms with Gasteiger partial charge in [0.1, 0.15) is 17.0 Å². The van der Waals surface area contributed by atoms with Crippen LogP contribution in [0.5, 0.6) is 5.88 Å². The predicted molar refractivity (Wildman–Crippen MR) is 126 cm³/mol. The molecular formula is C26H34N4O2. The molecule has 1 aliphatic heterocycles. The Balaban J connectivity index is 1.55. The maximum Gasteiger partial charge on any atom is 0.237 e. The quantitative estimate of drug-likeness (QED) is 0.627. The van der Waals surface area contributed by atoms with Crippen molar-refractivity contribution in [2.24, 2.45) is 0 Å². The summed E-state index contributed by atoms with van der Waals surface area (Å²) in [5, 5.41) is 11.8. The fourth-order valence-corrected chi connectivity index (χ4v) is 4.64. The van der Waals surface area contributed by atoms with Crippen LogP contribution >= 0.6 is 0 Å². The molecule has 6 nitrogen and oxygen atoms in total. The molecule has 3 aromatic rings. The van der Waals surface area contributed by atoms with Gasteiger partial charge in [-0.2, -0.15) is 0 Å². The normalized spacial score (nSPS) is 22.1. The van der Waals surface area contributed by atoms with Gasteiger partial charge in [0.15, 0.2) is 0 Å². The van der Waals surface area contributed by atoms with E-state index in [1.54, 1.807) is 12.4 Å². The van der Waals surface area contributed by atoms with Crippen molar-refractivity contribution >= 4 is 0 Å². The number of piperidine rings is 1. The molecular weight excluding hydrogens is 400 g/mol. The molecule has 3 heterocycles. The number of nitrogens with zero attached hydrogens (tertiary/aromatic N) is 4. The first-order valence-corrected chi connectivity index (χ1v) is 11.4. The topological polar surface area (TPSA) is 63.4 Å². The molecule has 170 valence electrons. The van der Waals surface area contributed by atoms with Gasteiger partial charge in [0.05, 0.1) is 5.69 Å². The van der Waals surface area contributed by atoms with Crippen LogP contribution in [0.2, 0.25) is 0 Å². The lowest BCUT2D eigenvalue weighted by Crippen LogP contribution is -2.50. The van der Waals surface area contributed by atoms with Crippen LogP contribution in [0.1, 0.15) is 51.9 Å². The summed E-state index contributed by atoms with van der Waals surface area (Å²) in [5.41, 5.74) is 2.82. The number of hydrogen-bond donors (Lipinski definition) is 1. The molecule has 1 N–H and O–H groups in total. The standard InChI is InChI=1S/C26H34N4O2/c1-19-11-12-23(21-9-7-6-8-10-21)30(19)26(31)13-16-29(20(2)17-26)18-22-24(28-15-14-27-22)32-25(3,4)5/h6-12,14-15,20,31H,13,16-18H2,1-5H3. The van der Waals surface area contributed by atoms with Crippen LogP contribution in [-0.2, 0) is 12.3 Å². The Morgan fingerprint density at radius 1 is 1.09 bits per heavy atom. The lowest BCUT2D eigenvalue weighted by molar-refractivity contribution is -0.105. The summed E-state index contributed by atoms with van der Waals surface area (Å²) in [6, 6.07) is 14.6. The van der Waals surface area contributed by atoms with Gasteiger partial charge in [-0.25, -0.2) is 4.98 Å². The van der Waals surface area contributed by atoms with Crippen LogP contribution in [0.25, 0.3) is 11.3 Å². The molecule has 0 spiro atoms. The zero-order chi connectivity index (χ0) is 22.9. The lowest BCUT2D eigenvalue weighted by atomic mass is 9.93. The minimum Gasteiger partial charge on any atom is -0.471 e. The minimum atomic E-state index is -0.929. The number of rotatable bonds is 5. The van der Waals surface area contributed by atoms with Gasteiger partial charge < -0.3 is 14.4 Å². The van der Waals surface area contributed by atoms with E-state index in [4.69, 9.17) is 4.74 Å². The molecule has 0 amide bonds. The summed E-state index contributed by atoms with van der Waals surface area (Å²) in [6.45, 7) is 11.7. The number of aryl methyl sites for hydroxylation is 1. The Kier molecular flexibility index (Phi) is 6.10. The number of hydrogen-bond acceptors (Lipinski definition) is 5. The highest BCUT2D eigenvalue weighted by Crippen LogP contribution is 2.37. The van der Waals surface area contributed by atoms with Gasteiger partial charge >= 0.3 is 0 Å². The van der Waals surface area contributed by atoms with Crippen LogP contribution in [0.15, 0.2) is 54.9 Å². The molecule has 4 rings (SSSR count). The maximum atomic E-state index is 11.8. The van der Waals surface area contributed by atoms with Crippen molar-refractivity contribution in [1.29, 1.82) is 0 Å². The van der Waals surface area contributed by atoms with Crippen molar-refractivity contribution in [3.05, 3.63) is 66.2 Å². The minimum absolute atomic E-state index is 0.170.